The molecule has 0 bridgehead atoms. The van der Waals surface area contributed by atoms with Crippen LogP contribution in [0.3, 0.4) is 0 Å². The fourth-order valence-electron chi connectivity index (χ4n) is 4.22. The van der Waals surface area contributed by atoms with Crippen molar-refractivity contribution in [3.05, 3.63) is 138 Å². The number of hydrogen-bond acceptors (Lipinski definition) is 4. The molecule has 2 atom stereocenters. The normalized spacial score (nSPS) is 13.4. The van der Waals surface area contributed by atoms with Gasteiger partial charge >= 0.3 is 0 Å². The highest BCUT2D eigenvalue weighted by Gasteiger charge is 2.29. The molecule has 4 aromatic rings. The smallest absolute Gasteiger partial charge is 0.241 e. The molecule has 0 fully saturated rings. The topological polar surface area (TPSA) is 69.6 Å². The van der Waals surface area contributed by atoms with Crippen molar-refractivity contribution in [2.75, 3.05) is 6.54 Å². The summed E-state index contributed by atoms with van der Waals surface area (Å²) < 4.78 is 29.3. The Hall–Kier alpha value is -3.29. The van der Waals surface area contributed by atoms with Crippen molar-refractivity contribution in [3.63, 3.8) is 0 Å². The van der Waals surface area contributed by atoms with Gasteiger partial charge in [0, 0.05) is 19.6 Å². The molecule has 4 rings (SSSR count). The molecule has 0 heterocycles. The third-order valence-electron chi connectivity index (χ3n) is 6.10. The number of benzene rings is 4. The maximum atomic E-state index is 13.3. The van der Waals surface area contributed by atoms with E-state index in [4.69, 9.17) is 0 Å². The fourth-order valence-corrected chi connectivity index (χ4v) is 5.48. The summed E-state index contributed by atoms with van der Waals surface area (Å²) in [6.45, 7) is 3.44. The number of hydrogen-bond donors (Lipinski definition) is 2. The third-order valence-corrected chi connectivity index (χ3v) is 7.56. The monoisotopic (exact) mass is 500 g/mol. The van der Waals surface area contributed by atoms with Gasteiger partial charge in [0.25, 0.3) is 0 Å². The van der Waals surface area contributed by atoms with Crippen LogP contribution in [0.4, 0.5) is 0 Å². The van der Waals surface area contributed by atoms with Crippen LogP contribution in [0.15, 0.2) is 120 Å². The van der Waals surface area contributed by atoms with Gasteiger partial charge in [-0.15, -0.1) is 0 Å². The molecule has 0 amide bonds. The molecule has 36 heavy (non-hydrogen) atoms. The van der Waals surface area contributed by atoms with Crippen LogP contribution in [0.5, 0.6) is 0 Å². The first-order valence-corrected chi connectivity index (χ1v) is 13.5. The van der Waals surface area contributed by atoms with Crippen LogP contribution in [0.2, 0.25) is 0 Å². The van der Waals surface area contributed by atoms with E-state index in [1.54, 1.807) is 24.3 Å². The number of rotatable bonds is 11. The zero-order chi connectivity index (χ0) is 25.4. The van der Waals surface area contributed by atoms with Crippen molar-refractivity contribution in [3.8, 4) is 0 Å². The van der Waals surface area contributed by atoms with Crippen molar-refractivity contribution in [1.29, 1.82) is 0 Å². The number of sulfonamides is 1. The Bertz CT molecular complexity index is 1270. The van der Waals surface area contributed by atoms with E-state index in [0.29, 0.717) is 18.7 Å². The first kappa shape index (κ1) is 25.8. The Balaban J connectivity index is 1.60. The zero-order valence-electron chi connectivity index (χ0n) is 20.4. The second-order valence-corrected chi connectivity index (χ2v) is 10.7. The highest BCUT2D eigenvalue weighted by molar-refractivity contribution is 7.89. The molecule has 0 aliphatic rings. The highest BCUT2D eigenvalue weighted by atomic mass is 32.2. The highest BCUT2D eigenvalue weighted by Crippen LogP contribution is 2.23. The first-order valence-electron chi connectivity index (χ1n) is 12.0. The molecule has 0 radical (unpaired) electrons. The van der Waals surface area contributed by atoms with Crippen LogP contribution >= 0.6 is 0 Å². The van der Waals surface area contributed by atoms with Crippen LogP contribution in [0, 0.1) is 6.92 Å². The standard InChI is InChI=1S/C30H32N2O3S/c1-24-17-19-28(20-18-24)36(34,35)31-30(27-15-9-4-10-16-27)29(33)23-32(21-25-11-5-2-6-12-25)22-26-13-7-3-8-14-26/h2-20,29-31,33H,21-23H2,1H3/t29-,30-/m1/s1. The lowest BCUT2D eigenvalue weighted by atomic mass is 10.0. The van der Waals surface area contributed by atoms with Gasteiger partial charge in [-0.25, -0.2) is 13.1 Å². The van der Waals surface area contributed by atoms with Crippen molar-refractivity contribution in [2.24, 2.45) is 0 Å². The van der Waals surface area contributed by atoms with Gasteiger partial charge in [-0.3, -0.25) is 4.90 Å². The summed E-state index contributed by atoms with van der Waals surface area (Å²) in [4.78, 5) is 2.32. The molecule has 5 nitrogen and oxygen atoms in total. The molecule has 0 spiro atoms. The summed E-state index contributed by atoms with van der Waals surface area (Å²) in [6.07, 6.45) is -0.986. The van der Waals surface area contributed by atoms with Gasteiger partial charge in [0.05, 0.1) is 17.0 Å². The maximum Gasteiger partial charge on any atom is 0.241 e. The maximum absolute atomic E-state index is 13.3. The van der Waals surface area contributed by atoms with Crippen molar-refractivity contribution in [1.82, 2.24) is 9.62 Å². The lowest BCUT2D eigenvalue weighted by molar-refractivity contribution is 0.0792. The molecular formula is C30H32N2O3S. The summed E-state index contributed by atoms with van der Waals surface area (Å²) in [6, 6.07) is 35.3. The average Bonchev–Trinajstić information content (AvgIpc) is 2.89. The SMILES string of the molecule is Cc1ccc(S(=O)(=O)N[C@H](c2ccccc2)[C@H](O)CN(Cc2ccccc2)Cc2ccccc2)cc1. The number of aliphatic hydroxyl groups is 1. The second-order valence-electron chi connectivity index (χ2n) is 9.03. The van der Waals surface area contributed by atoms with E-state index in [0.717, 1.165) is 16.7 Å². The molecule has 2 N–H and O–H groups in total. The molecule has 0 aliphatic heterocycles. The van der Waals surface area contributed by atoms with Gasteiger partial charge < -0.3 is 5.11 Å². The van der Waals surface area contributed by atoms with Crippen LogP contribution in [0.25, 0.3) is 0 Å². The summed E-state index contributed by atoms with van der Waals surface area (Å²) in [7, 11) is -3.85. The summed E-state index contributed by atoms with van der Waals surface area (Å²) in [5, 5.41) is 11.5. The Morgan fingerprint density at radius 3 is 1.69 bits per heavy atom. The largest absolute Gasteiger partial charge is 0.390 e. The summed E-state index contributed by atoms with van der Waals surface area (Å²) in [5.74, 6) is 0. The van der Waals surface area contributed by atoms with Gasteiger partial charge in [-0.1, -0.05) is 109 Å². The Morgan fingerprint density at radius 1 is 0.722 bits per heavy atom. The molecule has 0 unspecified atom stereocenters. The Morgan fingerprint density at radius 2 is 1.19 bits per heavy atom. The number of nitrogens with one attached hydrogen (secondary N) is 1. The predicted octanol–water partition coefficient (Wildman–Crippen LogP) is 5.08. The van der Waals surface area contributed by atoms with Gasteiger partial charge in [0.1, 0.15) is 0 Å². The van der Waals surface area contributed by atoms with E-state index < -0.39 is 22.2 Å². The second kappa shape index (κ2) is 12.1. The van der Waals surface area contributed by atoms with Crippen LogP contribution in [0.1, 0.15) is 28.3 Å². The molecule has 6 heteroatoms. The third kappa shape index (κ3) is 7.12. The van der Waals surface area contributed by atoms with Gasteiger partial charge in [0.2, 0.25) is 10.0 Å². The number of aliphatic hydroxyl groups excluding tert-OH is 1. The minimum absolute atomic E-state index is 0.173. The quantitative estimate of drug-likeness (QED) is 0.301. The molecule has 0 saturated heterocycles. The van der Waals surface area contributed by atoms with E-state index in [1.807, 2.05) is 73.7 Å². The lowest BCUT2D eigenvalue weighted by Gasteiger charge is -2.30. The van der Waals surface area contributed by atoms with E-state index in [-0.39, 0.29) is 11.4 Å². The van der Waals surface area contributed by atoms with E-state index in [1.165, 1.54) is 0 Å². The van der Waals surface area contributed by atoms with E-state index in [2.05, 4.69) is 33.9 Å². The van der Waals surface area contributed by atoms with Gasteiger partial charge in [0.15, 0.2) is 0 Å². The molecule has 0 aliphatic carbocycles. The molecule has 0 aromatic heterocycles. The number of nitrogens with zero attached hydrogens (tertiary/aromatic N) is 1. The zero-order valence-corrected chi connectivity index (χ0v) is 21.2. The van der Waals surface area contributed by atoms with Crippen molar-refractivity contribution < 1.29 is 13.5 Å². The molecule has 4 aromatic carbocycles. The summed E-state index contributed by atoms with van der Waals surface area (Å²) >= 11 is 0. The fraction of sp³-hybridized carbons (Fsp3) is 0.200. The van der Waals surface area contributed by atoms with Crippen LogP contribution < -0.4 is 4.72 Å². The molecule has 186 valence electrons. The number of aryl methyl sites for hydroxylation is 1. The molecular weight excluding hydrogens is 468 g/mol. The minimum Gasteiger partial charge on any atom is -0.390 e. The predicted molar refractivity (Wildman–Crippen MR) is 144 cm³/mol. The molecule has 0 saturated carbocycles. The lowest BCUT2D eigenvalue weighted by Crippen LogP contribution is -2.42. The van der Waals surface area contributed by atoms with E-state index in [9.17, 15) is 13.5 Å². The van der Waals surface area contributed by atoms with Gasteiger partial charge in [-0.05, 0) is 35.7 Å². The summed E-state index contributed by atoms with van der Waals surface area (Å²) in [5.41, 5.74) is 3.93. The van der Waals surface area contributed by atoms with Crippen LogP contribution in [-0.4, -0.2) is 31.1 Å². The van der Waals surface area contributed by atoms with Crippen molar-refractivity contribution in [2.45, 2.75) is 37.1 Å². The first-order chi connectivity index (χ1) is 17.4. The Labute approximate surface area is 214 Å². The Kier molecular flexibility index (Phi) is 8.67. The average molecular weight is 501 g/mol. The van der Waals surface area contributed by atoms with Crippen molar-refractivity contribution >= 4 is 10.0 Å². The minimum atomic E-state index is -3.85. The van der Waals surface area contributed by atoms with E-state index >= 15 is 0 Å². The van der Waals surface area contributed by atoms with Crippen LogP contribution in [-0.2, 0) is 23.1 Å². The van der Waals surface area contributed by atoms with Gasteiger partial charge in [-0.2, -0.15) is 0 Å².